The zero-order chi connectivity index (χ0) is 14.5. The van der Waals surface area contributed by atoms with Crippen LogP contribution in [-0.2, 0) is 0 Å². The Balaban J connectivity index is 2.38. The fourth-order valence-electron chi connectivity index (χ4n) is 2.05. The number of hydrogen-bond donors (Lipinski definition) is 2. The zero-order valence-corrected chi connectivity index (χ0v) is 11.0. The summed E-state index contributed by atoms with van der Waals surface area (Å²) >= 11 is 0. The van der Waals surface area contributed by atoms with Crippen LogP contribution in [-0.4, -0.2) is 6.61 Å². The second kappa shape index (κ2) is 6.45. The van der Waals surface area contributed by atoms with Gasteiger partial charge in [0.15, 0.2) is 0 Å². The van der Waals surface area contributed by atoms with Gasteiger partial charge in [0.25, 0.3) is 0 Å². The van der Waals surface area contributed by atoms with Crippen molar-refractivity contribution in [3.63, 3.8) is 0 Å². The summed E-state index contributed by atoms with van der Waals surface area (Å²) in [5.74, 6) is 5.70. The maximum Gasteiger partial charge on any atom is 0.387 e. The maximum atomic E-state index is 12.4. The SMILES string of the molecule is Cc1ccc(C(NN)c2ccccc2OC(F)F)cc1. The van der Waals surface area contributed by atoms with E-state index in [0.717, 1.165) is 11.1 Å². The fourth-order valence-corrected chi connectivity index (χ4v) is 2.05. The Kier molecular flexibility index (Phi) is 4.65. The number of nitrogens with one attached hydrogen (secondary N) is 1. The summed E-state index contributed by atoms with van der Waals surface area (Å²) in [5.41, 5.74) is 5.20. The highest BCUT2D eigenvalue weighted by Gasteiger charge is 2.18. The van der Waals surface area contributed by atoms with E-state index in [1.54, 1.807) is 18.2 Å². The van der Waals surface area contributed by atoms with Crippen molar-refractivity contribution in [2.75, 3.05) is 0 Å². The third-order valence-corrected chi connectivity index (χ3v) is 3.02. The van der Waals surface area contributed by atoms with Crippen LogP contribution < -0.4 is 16.0 Å². The second-order valence-corrected chi connectivity index (χ2v) is 4.43. The molecule has 0 spiro atoms. The molecule has 106 valence electrons. The predicted molar refractivity (Wildman–Crippen MR) is 73.4 cm³/mol. The number of alkyl halides is 2. The average Bonchev–Trinajstić information content (AvgIpc) is 2.43. The number of para-hydroxylation sites is 1. The third-order valence-electron chi connectivity index (χ3n) is 3.02. The van der Waals surface area contributed by atoms with Crippen molar-refractivity contribution < 1.29 is 13.5 Å². The van der Waals surface area contributed by atoms with Crippen molar-refractivity contribution in [1.29, 1.82) is 0 Å². The normalized spacial score (nSPS) is 12.4. The fraction of sp³-hybridized carbons (Fsp3) is 0.200. The van der Waals surface area contributed by atoms with Gasteiger partial charge in [-0.3, -0.25) is 5.84 Å². The lowest BCUT2D eigenvalue weighted by Gasteiger charge is -2.20. The highest BCUT2D eigenvalue weighted by Crippen LogP contribution is 2.30. The molecule has 5 heteroatoms. The molecule has 0 aromatic heterocycles. The molecule has 0 aliphatic carbocycles. The molecule has 0 radical (unpaired) electrons. The van der Waals surface area contributed by atoms with E-state index in [1.807, 2.05) is 31.2 Å². The number of benzene rings is 2. The Morgan fingerprint density at radius 1 is 1.05 bits per heavy atom. The largest absolute Gasteiger partial charge is 0.434 e. The van der Waals surface area contributed by atoms with E-state index in [1.165, 1.54) is 6.07 Å². The lowest BCUT2D eigenvalue weighted by molar-refractivity contribution is -0.0506. The van der Waals surface area contributed by atoms with E-state index in [-0.39, 0.29) is 5.75 Å². The number of aryl methyl sites for hydroxylation is 1. The third kappa shape index (κ3) is 3.31. The molecule has 0 saturated heterocycles. The molecule has 1 atom stereocenters. The molecule has 0 aliphatic heterocycles. The number of nitrogens with two attached hydrogens (primary N) is 1. The van der Waals surface area contributed by atoms with E-state index in [0.29, 0.717) is 5.56 Å². The van der Waals surface area contributed by atoms with Crippen molar-refractivity contribution in [2.24, 2.45) is 5.84 Å². The minimum Gasteiger partial charge on any atom is -0.434 e. The highest BCUT2D eigenvalue weighted by molar-refractivity contribution is 5.42. The van der Waals surface area contributed by atoms with Gasteiger partial charge < -0.3 is 4.74 Å². The molecule has 2 aromatic rings. The van der Waals surface area contributed by atoms with Crippen molar-refractivity contribution >= 4 is 0 Å². The minimum absolute atomic E-state index is 0.117. The first-order valence-corrected chi connectivity index (χ1v) is 6.18. The van der Waals surface area contributed by atoms with Gasteiger partial charge in [0.1, 0.15) is 5.75 Å². The summed E-state index contributed by atoms with van der Waals surface area (Å²) < 4.78 is 29.4. The summed E-state index contributed by atoms with van der Waals surface area (Å²) in [4.78, 5) is 0. The standard InChI is InChI=1S/C15H16F2N2O/c1-10-6-8-11(9-7-10)14(19-18)12-4-2-3-5-13(12)20-15(16)17/h2-9,14-15,19H,18H2,1H3. The first kappa shape index (κ1) is 14.4. The number of ether oxygens (including phenoxy) is 1. The molecule has 0 bridgehead atoms. The molecule has 0 heterocycles. The Hall–Kier alpha value is -1.98. The molecule has 2 rings (SSSR count). The van der Waals surface area contributed by atoms with Gasteiger partial charge in [-0.1, -0.05) is 48.0 Å². The van der Waals surface area contributed by atoms with Gasteiger partial charge in [-0.2, -0.15) is 8.78 Å². The van der Waals surface area contributed by atoms with Crippen molar-refractivity contribution in [3.8, 4) is 5.75 Å². The Morgan fingerprint density at radius 3 is 2.30 bits per heavy atom. The molecule has 0 fully saturated rings. The number of halogens is 2. The van der Waals surface area contributed by atoms with Crippen LogP contribution in [0.4, 0.5) is 8.78 Å². The summed E-state index contributed by atoms with van der Waals surface area (Å²) in [6.45, 7) is -0.893. The maximum absolute atomic E-state index is 12.4. The molecule has 0 saturated carbocycles. The van der Waals surface area contributed by atoms with Gasteiger partial charge >= 0.3 is 6.61 Å². The van der Waals surface area contributed by atoms with Crippen LogP contribution in [0.25, 0.3) is 0 Å². The predicted octanol–water partition coefficient (Wildman–Crippen LogP) is 3.15. The number of hydrogen-bond acceptors (Lipinski definition) is 3. The van der Waals surface area contributed by atoms with E-state index in [9.17, 15) is 8.78 Å². The van der Waals surface area contributed by atoms with Gasteiger partial charge in [0, 0.05) is 5.56 Å². The summed E-state index contributed by atoms with van der Waals surface area (Å²) in [5, 5.41) is 0. The molecule has 2 aromatic carbocycles. The van der Waals surface area contributed by atoms with Crippen molar-refractivity contribution in [3.05, 3.63) is 65.2 Å². The quantitative estimate of drug-likeness (QED) is 0.652. The van der Waals surface area contributed by atoms with Gasteiger partial charge in [-0.15, -0.1) is 0 Å². The van der Waals surface area contributed by atoms with E-state index < -0.39 is 12.7 Å². The average molecular weight is 278 g/mol. The van der Waals surface area contributed by atoms with Crippen LogP contribution in [0.5, 0.6) is 5.75 Å². The minimum atomic E-state index is -2.87. The molecule has 3 N–H and O–H groups in total. The van der Waals surface area contributed by atoms with Gasteiger partial charge in [-0.25, -0.2) is 5.43 Å². The lowest BCUT2D eigenvalue weighted by Crippen LogP contribution is -2.29. The molecule has 0 amide bonds. The molecular formula is C15H16F2N2O. The van der Waals surface area contributed by atoms with E-state index >= 15 is 0 Å². The van der Waals surface area contributed by atoms with Gasteiger partial charge in [-0.05, 0) is 18.6 Å². The Labute approximate surface area is 116 Å². The lowest BCUT2D eigenvalue weighted by atomic mass is 9.97. The monoisotopic (exact) mass is 278 g/mol. The molecule has 1 unspecified atom stereocenters. The topological polar surface area (TPSA) is 47.3 Å². The Bertz CT molecular complexity index is 558. The summed E-state index contributed by atoms with van der Waals surface area (Å²) in [6.07, 6.45) is 0. The Morgan fingerprint density at radius 2 is 1.70 bits per heavy atom. The van der Waals surface area contributed by atoms with Crippen LogP contribution in [0.3, 0.4) is 0 Å². The van der Waals surface area contributed by atoms with E-state index in [2.05, 4.69) is 10.2 Å². The highest BCUT2D eigenvalue weighted by atomic mass is 19.3. The van der Waals surface area contributed by atoms with Crippen LogP contribution >= 0.6 is 0 Å². The van der Waals surface area contributed by atoms with E-state index in [4.69, 9.17) is 5.84 Å². The molecule has 3 nitrogen and oxygen atoms in total. The number of rotatable bonds is 5. The first-order chi connectivity index (χ1) is 9.61. The second-order valence-electron chi connectivity index (χ2n) is 4.43. The van der Waals surface area contributed by atoms with Gasteiger partial charge in [0.2, 0.25) is 0 Å². The van der Waals surface area contributed by atoms with Crippen LogP contribution in [0.1, 0.15) is 22.7 Å². The zero-order valence-electron chi connectivity index (χ0n) is 11.0. The summed E-state index contributed by atoms with van der Waals surface area (Å²) in [6, 6.07) is 13.9. The van der Waals surface area contributed by atoms with Crippen LogP contribution in [0, 0.1) is 6.92 Å². The van der Waals surface area contributed by atoms with Crippen molar-refractivity contribution in [1.82, 2.24) is 5.43 Å². The molecule has 20 heavy (non-hydrogen) atoms. The first-order valence-electron chi connectivity index (χ1n) is 6.18. The smallest absolute Gasteiger partial charge is 0.387 e. The number of hydrazine groups is 1. The van der Waals surface area contributed by atoms with Crippen molar-refractivity contribution in [2.45, 2.75) is 19.6 Å². The molecular weight excluding hydrogens is 262 g/mol. The van der Waals surface area contributed by atoms with Crippen LogP contribution in [0.2, 0.25) is 0 Å². The summed E-state index contributed by atoms with van der Waals surface area (Å²) in [7, 11) is 0. The van der Waals surface area contributed by atoms with Crippen LogP contribution in [0.15, 0.2) is 48.5 Å². The van der Waals surface area contributed by atoms with Gasteiger partial charge in [0.05, 0.1) is 6.04 Å². The molecule has 0 aliphatic rings.